The van der Waals surface area contributed by atoms with Crippen LogP contribution in [0, 0.1) is 13.8 Å². The Morgan fingerprint density at radius 2 is 1.78 bits per heavy atom. The van der Waals surface area contributed by atoms with Crippen molar-refractivity contribution in [3.8, 4) is 0 Å². The lowest BCUT2D eigenvalue weighted by Gasteiger charge is -2.33. The lowest BCUT2D eigenvalue weighted by atomic mass is 9.98. The topological polar surface area (TPSA) is 31.0 Å². The number of hydrogen-bond donors (Lipinski definition) is 1. The highest BCUT2D eigenvalue weighted by molar-refractivity contribution is 7.80. The molecule has 36 heavy (non-hydrogen) atoms. The highest BCUT2D eigenvalue weighted by Crippen LogP contribution is 2.29. The molecule has 0 saturated carbocycles. The molecule has 0 amide bonds. The fraction of sp³-hybridized carbons (Fsp3) is 0.567. The van der Waals surface area contributed by atoms with Crippen LogP contribution >= 0.6 is 12.2 Å². The average Bonchev–Trinajstić information content (AvgIpc) is 2.86. The standard InChI is InChI=1S/C30H44N4OS/c1-4-5-12-33-13-6-8-27-22-26(9-10-29(27)33)23-34(14-7-11-32-15-17-35-18-16-32)30(36)31-28-20-24(2)19-25(3)21-28/h9-10,19-22H,4-8,11-18,23H2,1-3H3,(H,31,36). The molecule has 2 aromatic rings. The third-order valence-corrected chi connectivity index (χ3v) is 7.64. The smallest absolute Gasteiger partial charge is 0.173 e. The second-order valence-corrected chi connectivity index (χ2v) is 10.8. The maximum absolute atomic E-state index is 5.97. The average molecular weight is 509 g/mol. The van der Waals surface area contributed by atoms with E-state index in [-0.39, 0.29) is 0 Å². The highest BCUT2D eigenvalue weighted by Gasteiger charge is 2.19. The molecule has 5 nitrogen and oxygen atoms in total. The van der Waals surface area contributed by atoms with E-state index < -0.39 is 0 Å². The maximum atomic E-state index is 5.97. The van der Waals surface area contributed by atoms with E-state index >= 15 is 0 Å². The Morgan fingerprint density at radius 1 is 1.00 bits per heavy atom. The highest BCUT2D eigenvalue weighted by atomic mass is 32.1. The van der Waals surface area contributed by atoms with Crippen LogP contribution in [0.3, 0.4) is 0 Å². The number of fused-ring (bicyclic) bond motifs is 1. The molecule has 0 bridgehead atoms. The number of unbranched alkanes of at least 4 members (excludes halogenated alkanes) is 1. The van der Waals surface area contributed by atoms with E-state index in [4.69, 9.17) is 17.0 Å². The van der Waals surface area contributed by atoms with E-state index in [9.17, 15) is 0 Å². The first-order valence-corrected chi connectivity index (χ1v) is 14.2. The van der Waals surface area contributed by atoms with Gasteiger partial charge in [0.1, 0.15) is 0 Å². The SMILES string of the molecule is CCCCN1CCCc2cc(CN(CCCN3CCOCC3)C(=S)Nc3cc(C)cc(C)c3)ccc21. The van der Waals surface area contributed by atoms with Gasteiger partial charge in [-0.15, -0.1) is 0 Å². The largest absolute Gasteiger partial charge is 0.379 e. The van der Waals surface area contributed by atoms with E-state index in [1.165, 1.54) is 66.7 Å². The monoisotopic (exact) mass is 508 g/mol. The Kier molecular flexibility index (Phi) is 10.0. The second kappa shape index (κ2) is 13.4. The predicted molar refractivity (Wildman–Crippen MR) is 156 cm³/mol. The Labute approximate surface area is 223 Å². The Balaban J connectivity index is 1.45. The molecule has 0 spiro atoms. The summed E-state index contributed by atoms with van der Waals surface area (Å²) in [6.45, 7) is 15.5. The van der Waals surface area contributed by atoms with Crippen molar-refractivity contribution in [1.82, 2.24) is 9.80 Å². The van der Waals surface area contributed by atoms with Gasteiger partial charge in [0.15, 0.2) is 5.11 Å². The van der Waals surface area contributed by atoms with Gasteiger partial charge in [-0.25, -0.2) is 0 Å². The van der Waals surface area contributed by atoms with Crippen LogP contribution in [0.5, 0.6) is 0 Å². The summed E-state index contributed by atoms with van der Waals surface area (Å²) in [6.07, 6.45) is 6.01. The predicted octanol–water partition coefficient (Wildman–Crippen LogP) is 5.78. The third kappa shape index (κ3) is 7.67. The van der Waals surface area contributed by atoms with Gasteiger partial charge in [-0.05, 0) is 92.2 Å². The van der Waals surface area contributed by atoms with Crippen molar-refractivity contribution in [2.75, 3.05) is 62.7 Å². The van der Waals surface area contributed by atoms with Gasteiger partial charge in [0.25, 0.3) is 0 Å². The molecule has 2 aromatic carbocycles. The number of morpholine rings is 1. The molecule has 1 saturated heterocycles. The number of hydrogen-bond acceptors (Lipinski definition) is 4. The fourth-order valence-corrected chi connectivity index (χ4v) is 5.71. The maximum Gasteiger partial charge on any atom is 0.173 e. The number of nitrogens with one attached hydrogen (secondary N) is 1. The van der Waals surface area contributed by atoms with Gasteiger partial charge >= 0.3 is 0 Å². The Morgan fingerprint density at radius 3 is 2.53 bits per heavy atom. The van der Waals surface area contributed by atoms with E-state index in [2.05, 4.69) is 77.2 Å². The molecule has 1 N–H and O–H groups in total. The molecular formula is C30H44N4OS. The van der Waals surface area contributed by atoms with Crippen LogP contribution in [0.15, 0.2) is 36.4 Å². The second-order valence-electron chi connectivity index (χ2n) is 10.4. The number of nitrogens with zero attached hydrogens (tertiary/aromatic N) is 3. The van der Waals surface area contributed by atoms with Gasteiger partial charge < -0.3 is 19.9 Å². The summed E-state index contributed by atoms with van der Waals surface area (Å²) in [4.78, 5) is 7.44. The fourth-order valence-electron chi connectivity index (χ4n) is 5.44. The van der Waals surface area contributed by atoms with Gasteiger partial charge in [-0.2, -0.15) is 0 Å². The Bertz CT molecular complexity index is 984. The number of thiocarbonyl (C=S) groups is 1. The summed E-state index contributed by atoms with van der Waals surface area (Å²) in [5, 5.41) is 4.35. The van der Waals surface area contributed by atoms with E-state index in [1.807, 2.05) is 0 Å². The van der Waals surface area contributed by atoms with Crippen molar-refractivity contribution in [1.29, 1.82) is 0 Å². The quantitative estimate of drug-likeness (QED) is 0.410. The van der Waals surface area contributed by atoms with E-state index in [0.717, 1.165) is 63.2 Å². The number of rotatable bonds is 10. The summed E-state index contributed by atoms with van der Waals surface area (Å²) < 4.78 is 5.52. The van der Waals surface area contributed by atoms with Crippen LogP contribution in [0.25, 0.3) is 0 Å². The van der Waals surface area contributed by atoms with Crippen molar-refractivity contribution in [2.45, 2.75) is 59.4 Å². The molecule has 4 rings (SSSR count). The molecular weight excluding hydrogens is 464 g/mol. The zero-order valence-electron chi connectivity index (χ0n) is 22.5. The minimum Gasteiger partial charge on any atom is -0.379 e. The summed E-state index contributed by atoms with van der Waals surface area (Å²) in [5.74, 6) is 0. The Hall–Kier alpha value is -2.15. The zero-order valence-corrected chi connectivity index (χ0v) is 23.3. The van der Waals surface area contributed by atoms with Crippen LogP contribution < -0.4 is 10.2 Å². The van der Waals surface area contributed by atoms with Crippen molar-refractivity contribution in [2.24, 2.45) is 0 Å². The van der Waals surface area contributed by atoms with Crippen molar-refractivity contribution in [3.05, 3.63) is 58.7 Å². The van der Waals surface area contributed by atoms with Gasteiger partial charge in [0.2, 0.25) is 0 Å². The zero-order chi connectivity index (χ0) is 25.3. The molecule has 0 radical (unpaired) electrons. The first-order chi connectivity index (χ1) is 17.5. The molecule has 0 atom stereocenters. The van der Waals surface area contributed by atoms with Crippen LogP contribution in [0.1, 0.15) is 54.9 Å². The minimum absolute atomic E-state index is 0.810. The molecule has 0 aliphatic carbocycles. The number of benzene rings is 2. The van der Waals surface area contributed by atoms with Crippen LogP contribution in [0.2, 0.25) is 0 Å². The summed E-state index contributed by atoms with van der Waals surface area (Å²) in [6, 6.07) is 13.7. The summed E-state index contributed by atoms with van der Waals surface area (Å²) in [5.41, 5.74) is 7.86. The van der Waals surface area contributed by atoms with Crippen LogP contribution in [0.4, 0.5) is 11.4 Å². The normalized spacial score (nSPS) is 16.0. The van der Waals surface area contributed by atoms with Gasteiger partial charge in [0, 0.05) is 57.2 Å². The molecule has 2 heterocycles. The molecule has 196 valence electrons. The molecule has 2 aliphatic heterocycles. The summed E-state index contributed by atoms with van der Waals surface area (Å²) >= 11 is 5.97. The number of anilines is 2. The number of ether oxygens (including phenoxy) is 1. The van der Waals surface area contributed by atoms with Crippen molar-refractivity contribution < 1.29 is 4.74 Å². The first-order valence-electron chi connectivity index (χ1n) is 13.8. The third-order valence-electron chi connectivity index (χ3n) is 7.28. The molecule has 6 heteroatoms. The van der Waals surface area contributed by atoms with Gasteiger partial charge in [-0.3, -0.25) is 4.90 Å². The van der Waals surface area contributed by atoms with E-state index in [1.54, 1.807) is 0 Å². The summed E-state index contributed by atoms with van der Waals surface area (Å²) in [7, 11) is 0. The first kappa shape index (κ1) is 26.9. The molecule has 1 fully saturated rings. The molecule has 2 aliphatic rings. The van der Waals surface area contributed by atoms with Crippen LogP contribution in [-0.2, 0) is 17.7 Å². The van der Waals surface area contributed by atoms with Crippen molar-refractivity contribution >= 4 is 28.7 Å². The molecule has 0 aromatic heterocycles. The van der Waals surface area contributed by atoms with Gasteiger partial charge in [-0.1, -0.05) is 31.5 Å². The lowest BCUT2D eigenvalue weighted by Crippen LogP contribution is -2.40. The lowest BCUT2D eigenvalue weighted by molar-refractivity contribution is 0.0368. The van der Waals surface area contributed by atoms with Gasteiger partial charge in [0.05, 0.1) is 13.2 Å². The number of aryl methyl sites for hydroxylation is 3. The molecule has 0 unspecified atom stereocenters. The van der Waals surface area contributed by atoms with E-state index in [0.29, 0.717) is 0 Å². The minimum atomic E-state index is 0.810. The van der Waals surface area contributed by atoms with Crippen LogP contribution in [-0.4, -0.2) is 67.4 Å². The van der Waals surface area contributed by atoms with Crippen molar-refractivity contribution in [3.63, 3.8) is 0 Å².